The minimum absolute atomic E-state index is 0. The van der Waals surface area contributed by atoms with Crippen molar-refractivity contribution in [3.05, 3.63) is 41.7 Å². The fourth-order valence-electron chi connectivity index (χ4n) is 3.99. The van der Waals surface area contributed by atoms with Crippen LogP contribution in [0.4, 0.5) is 13.2 Å². The summed E-state index contributed by atoms with van der Waals surface area (Å²) in [6.45, 7) is 1.65. The second kappa shape index (κ2) is 8.47. The van der Waals surface area contributed by atoms with Gasteiger partial charge in [0.1, 0.15) is 5.84 Å². The van der Waals surface area contributed by atoms with E-state index in [1.165, 1.54) is 24.4 Å². The van der Waals surface area contributed by atoms with Gasteiger partial charge < -0.3 is 9.84 Å². The van der Waals surface area contributed by atoms with Crippen molar-refractivity contribution in [3.8, 4) is 22.8 Å². The average Bonchev–Trinajstić information content (AvgIpc) is 3.40. The number of nitrogens with zero attached hydrogens (tertiary/aromatic N) is 5. The van der Waals surface area contributed by atoms with Crippen molar-refractivity contribution in [2.75, 3.05) is 13.1 Å². The highest BCUT2D eigenvalue weighted by Crippen LogP contribution is 2.37. The lowest BCUT2D eigenvalue weighted by Gasteiger charge is -2.26. The van der Waals surface area contributed by atoms with E-state index in [1.807, 2.05) is 0 Å². The van der Waals surface area contributed by atoms with Crippen molar-refractivity contribution < 1.29 is 22.5 Å². The summed E-state index contributed by atoms with van der Waals surface area (Å²) in [7, 11) is 0. The molecule has 2 aliphatic rings. The maximum atomic E-state index is 13.3. The van der Waals surface area contributed by atoms with Gasteiger partial charge in [-0.3, -0.25) is 4.79 Å². The lowest BCUT2D eigenvalue weighted by atomic mass is 9.95. The van der Waals surface area contributed by atoms with Gasteiger partial charge in [0.2, 0.25) is 5.82 Å². The molecule has 1 aromatic carbocycles. The first-order valence-corrected chi connectivity index (χ1v) is 9.82. The Balaban J connectivity index is 0.00000245. The Kier molecular flexibility index (Phi) is 5.87. The topological polar surface area (TPSA) is 98.2 Å². The third-order valence-corrected chi connectivity index (χ3v) is 5.48. The van der Waals surface area contributed by atoms with Crippen LogP contribution in [-0.4, -0.2) is 44.8 Å². The van der Waals surface area contributed by atoms with Gasteiger partial charge in [0.15, 0.2) is 0 Å². The van der Waals surface area contributed by atoms with Crippen LogP contribution in [0, 0.1) is 5.92 Å². The maximum absolute atomic E-state index is 13.3. The van der Waals surface area contributed by atoms with Gasteiger partial charge in [0, 0.05) is 11.5 Å². The van der Waals surface area contributed by atoms with Gasteiger partial charge in [-0.2, -0.15) is 28.2 Å². The fraction of sp³-hybridized carbons (Fsp3) is 0.350. The monoisotopic (exact) mass is 466 g/mol. The van der Waals surface area contributed by atoms with Gasteiger partial charge in [0.05, 0.1) is 29.4 Å². The normalized spacial score (nSPS) is 17.0. The van der Waals surface area contributed by atoms with Gasteiger partial charge in [0.25, 0.3) is 11.8 Å². The van der Waals surface area contributed by atoms with Crippen LogP contribution in [0.25, 0.3) is 22.8 Å². The number of rotatable bonds is 3. The molecule has 0 bridgehead atoms. The third kappa shape index (κ3) is 3.93. The van der Waals surface area contributed by atoms with Crippen molar-refractivity contribution in [1.29, 1.82) is 0 Å². The maximum Gasteiger partial charge on any atom is 0.417 e. The highest BCUT2D eigenvalue weighted by atomic mass is 35.5. The van der Waals surface area contributed by atoms with Gasteiger partial charge in [-0.1, -0.05) is 23.4 Å². The summed E-state index contributed by atoms with van der Waals surface area (Å²) in [5, 5.41) is 11.4. The first kappa shape index (κ1) is 22.2. The smallest absolute Gasteiger partial charge is 0.333 e. The van der Waals surface area contributed by atoms with Crippen LogP contribution >= 0.6 is 12.4 Å². The summed E-state index contributed by atoms with van der Waals surface area (Å²) in [4.78, 5) is 20.7. The molecule has 1 fully saturated rings. The average molecular weight is 467 g/mol. The van der Waals surface area contributed by atoms with Gasteiger partial charge >= 0.3 is 6.18 Å². The minimum atomic E-state index is -4.55. The molecule has 1 N–H and O–H groups in total. The van der Waals surface area contributed by atoms with Crippen molar-refractivity contribution in [3.63, 3.8) is 0 Å². The zero-order valence-electron chi connectivity index (χ0n) is 16.6. The summed E-state index contributed by atoms with van der Waals surface area (Å²) < 4.78 is 46.9. The van der Waals surface area contributed by atoms with E-state index in [4.69, 9.17) is 4.52 Å². The zero-order chi connectivity index (χ0) is 21.6. The van der Waals surface area contributed by atoms with Gasteiger partial charge in [-0.25, -0.2) is 4.68 Å². The largest absolute Gasteiger partial charge is 0.417 e. The quantitative estimate of drug-likeness (QED) is 0.635. The van der Waals surface area contributed by atoms with Crippen LogP contribution < -0.4 is 5.32 Å². The molecule has 8 nitrogen and oxygen atoms in total. The lowest BCUT2D eigenvalue weighted by molar-refractivity contribution is -0.137. The molecule has 12 heteroatoms. The van der Waals surface area contributed by atoms with Crippen LogP contribution in [0.1, 0.15) is 24.1 Å². The molecule has 3 aromatic rings. The molecule has 1 amide bonds. The number of nitrogens with one attached hydrogen (secondary N) is 1. The summed E-state index contributed by atoms with van der Waals surface area (Å²) in [6.07, 6.45) is -1.40. The zero-order valence-corrected chi connectivity index (χ0v) is 17.4. The van der Waals surface area contributed by atoms with E-state index in [0.717, 1.165) is 32.0 Å². The van der Waals surface area contributed by atoms with Crippen molar-refractivity contribution in [1.82, 2.24) is 25.2 Å². The first-order valence-electron chi connectivity index (χ1n) is 9.82. The van der Waals surface area contributed by atoms with E-state index in [-0.39, 0.29) is 47.9 Å². The number of amides is 1. The third-order valence-electron chi connectivity index (χ3n) is 5.48. The molecule has 2 aliphatic heterocycles. The van der Waals surface area contributed by atoms with Gasteiger partial charge in [-0.05, 0) is 32.0 Å². The molecule has 0 spiro atoms. The highest BCUT2D eigenvalue weighted by molar-refractivity contribution is 6.01. The molecule has 5 rings (SSSR count). The van der Waals surface area contributed by atoms with Crippen molar-refractivity contribution in [2.24, 2.45) is 10.9 Å². The lowest BCUT2D eigenvalue weighted by Crippen LogP contribution is -2.38. The Morgan fingerprint density at radius 3 is 2.62 bits per heavy atom. The number of aromatic nitrogens is 4. The van der Waals surface area contributed by atoms with Crippen LogP contribution in [0.2, 0.25) is 0 Å². The van der Waals surface area contributed by atoms with Crippen molar-refractivity contribution in [2.45, 2.75) is 25.4 Å². The number of hydrogen-bond acceptors (Lipinski definition) is 6. The molecule has 2 aromatic heterocycles. The number of alkyl halides is 3. The van der Waals surface area contributed by atoms with E-state index < -0.39 is 11.7 Å². The number of benzene rings is 1. The molecular formula is C20H18ClF3N6O2. The second-order valence-electron chi connectivity index (χ2n) is 7.45. The summed E-state index contributed by atoms with van der Waals surface area (Å²) in [5.41, 5.74) is -0.0697. The van der Waals surface area contributed by atoms with E-state index in [2.05, 4.69) is 25.5 Å². The number of carbonyl (C=O) groups excluding carboxylic acids is 1. The van der Waals surface area contributed by atoms with Crippen LogP contribution in [0.15, 0.2) is 40.0 Å². The predicted octanol–water partition coefficient (Wildman–Crippen LogP) is 3.37. The van der Waals surface area contributed by atoms with E-state index in [1.54, 1.807) is 4.68 Å². The van der Waals surface area contributed by atoms with Crippen LogP contribution in [-0.2, 0) is 17.4 Å². The molecule has 0 atom stereocenters. The first-order chi connectivity index (χ1) is 14.9. The van der Waals surface area contributed by atoms with Crippen LogP contribution in [0.3, 0.4) is 0 Å². The fourth-order valence-corrected chi connectivity index (χ4v) is 3.99. The molecule has 1 saturated heterocycles. The summed E-state index contributed by atoms with van der Waals surface area (Å²) in [6, 6.07) is 5.03. The molecule has 0 aliphatic carbocycles. The van der Waals surface area contributed by atoms with Gasteiger partial charge in [-0.15, -0.1) is 12.4 Å². The van der Waals surface area contributed by atoms with E-state index in [0.29, 0.717) is 17.1 Å². The number of piperidine rings is 1. The Labute approximate surface area is 186 Å². The number of fused-ring (bicyclic) bond motifs is 1. The van der Waals surface area contributed by atoms with E-state index >= 15 is 0 Å². The Hall–Kier alpha value is -3.05. The van der Waals surface area contributed by atoms with Crippen molar-refractivity contribution >= 4 is 24.1 Å². The molecule has 0 radical (unpaired) electrons. The number of aliphatic imine (C=N–C) groups is 1. The molecule has 32 heavy (non-hydrogen) atoms. The molecule has 168 valence electrons. The number of halogens is 4. The summed E-state index contributed by atoms with van der Waals surface area (Å²) >= 11 is 0. The second-order valence-corrected chi connectivity index (χ2v) is 7.45. The highest BCUT2D eigenvalue weighted by Gasteiger charge is 2.35. The molecule has 4 heterocycles. The molecule has 0 unspecified atom stereocenters. The molecule has 0 saturated carbocycles. The predicted molar refractivity (Wildman–Crippen MR) is 110 cm³/mol. The Morgan fingerprint density at radius 2 is 1.88 bits per heavy atom. The van der Waals surface area contributed by atoms with E-state index in [9.17, 15) is 18.0 Å². The number of hydrogen-bond donors (Lipinski definition) is 1. The Bertz CT molecular complexity index is 1180. The van der Waals surface area contributed by atoms with Crippen LogP contribution in [0.5, 0.6) is 0 Å². The minimum Gasteiger partial charge on any atom is -0.333 e. The standard InChI is InChI=1S/C20H17F3N6O2.ClH/c21-20(22,23)14-4-2-1-3-12(14)17-27-19(31-28-17)13-10-25-29-15(13)9-16(30)26-18(29)11-5-7-24-8-6-11;/h1-4,10-11,24H,5-9H2;1H. The SMILES string of the molecule is Cl.O=C1Cc2c(-c3nc(-c4ccccc4C(F)(F)F)no3)cnn2C(C2CCNCC2)=N1. The molecular weight excluding hydrogens is 449 g/mol. The Morgan fingerprint density at radius 1 is 1.12 bits per heavy atom. The number of carbonyl (C=O) groups is 1. The summed E-state index contributed by atoms with van der Waals surface area (Å²) in [5.74, 6) is 0.199.